The number of methoxy groups -OCH3 is 2. The molecule has 1 heterocycles. The van der Waals surface area contributed by atoms with Crippen LogP contribution in [0.2, 0.25) is 5.02 Å². The molecule has 144 valence electrons. The molecule has 1 aliphatic rings. The Hall–Kier alpha value is -2.55. The molecule has 1 aliphatic heterocycles. The summed E-state index contributed by atoms with van der Waals surface area (Å²) in [6.45, 7) is 0. The molecule has 9 heteroatoms. The highest BCUT2D eigenvalue weighted by molar-refractivity contribution is 8.26. The molecular weight excluding hydrogens is 420 g/mol. The quantitative estimate of drug-likeness (QED) is 0.568. The number of carbonyl (C=O) groups is 2. The number of thioether (sulfide) groups is 1. The summed E-state index contributed by atoms with van der Waals surface area (Å²) in [4.78, 5) is 25.5. The second kappa shape index (κ2) is 8.64. The van der Waals surface area contributed by atoms with Gasteiger partial charge < -0.3 is 9.47 Å². The maximum atomic E-state index is 12.8. The maximum absolute atomic E-state index is 12.8. The van der Waals surface area contributed by atoms with E-state index >= 15 is 0 Å². The lowest BCUT2D eigenvalue weighted by Crippen LogP contribution is -2.44. The maximum Gasteiger partial charge on any atom is 0.285 e. The third-order valence-corrected chi connectivity index (χ3v) is 5.48. The van der Waals surface area contributed by atoms with Gasteiger partial charge in [0.05, 0.1) is 29.7 Å². The molecular formula is C19H15ClN2O4S2. The van der Waals surface area contributed by atoms with Gasteiger partial charge in [-0.15, -0.1) is 0 Å². The standard InChI is InChI=1S/C19H15ClN2O4S2/c1-25-12-7-8-15(26-2)11(9-12)10-16-18(24)22(19(27)28-16)21-17(23)13-5-3-4-6-14(13)20/h3-10H,1-2H3,(H,21,23)/b16-10-. The van der Waals surface area contributed by atoms with Crippen molar-refractivity contribution in [2.45, 2.75) is 0 Å². The number of thiocarbonyl (C=S) groups is 1. The van der Waals surface area contributed by atoms with Gasteiger partial charge in [0.15, 0.2) is 4.32 Å². The van der Waals surface area contributed by atoms with Crippen molar-refractivity contribution in [3.63, 3.8) is 0 Å². The third-order valence-electron chi connectivity index (χ3n) is 3.85. The molecule has 0 bridgehead atoms. The predicted octanol–water partition coefficient (Wildman–Crippen LogP) is 3.90. The van der Waals surface area contributed by atoms with Crippen LogP contribution in [0.1, 0.15) is 15.9 Å². The van der Waals surface area contributed by atoms with Crippen LogP contribution in [-0.4, -0.2) is 35.4 Å². The average molecular weight is 435 g/mol. The van der Waals surface area contributed by atoms with Gasteiger partial charge >= 0.3 is 0 Å². The van der Waals surface area contributed by atoms with Crippen LogP contribution in [0.4, 0.5) is 0 Å². The Morgan fingerprint density at radius 2 is 1.96 bits per heavy atom. The van der Waals surface area contributed by atoms with Crippen molar-refractivity contribution >= 4 is 57.8 Å². The van der Waals surface area contributed by atoms with E-state index in [4.69, 9.17) is 33.3 Å². The van der Waals surface area contributed by atoms with Crippen molar-refractivity contribution in [1.82, 2.24) is 10.4 Å². The zero-order valence-electron chi connectivity index (χ0n) is 14.9. The first-order valence-electron chi connectivity index (χ1n) is 8.00. The number of amides is 2. The highest BCUT2D eigenvalue weighted by Crippen LogP contribution is 2.34. The van der Waals surface area contributed by atoms with E-state index in [9.17, 15) is 9.59 Å². The van der Waals surface area contributed by atoms with Gasteiger partial charge in [-0.1, -0.05) is 35.5 Å². The van der Waals surface area contributed by atoms with E-state index in [0.717, 1.165) is 16.8 Å². The molecule has 0 aliphatic carbocycles. The molecule has 6 nitrogen and oxygen atoms in total. The molecule has 3 rings (SSSR count). The molecule has 2 amide bonds. The lowest BCUT2D eigenvalue weighted by atomic mass is 10.1. The topological polar surface area (TPSA) is 67.9 Å². The van der Waals surface area contributed by atoms with E-state index in [0.29, 0.717) is 22.0 Å². The third kappa shape index (κ3) is 4.14. The molecule has 0 atom stereocenters. The minimum atomic E-state index is -0.526. The first-order chi connectivity index (χ1) is 13.4. The normalized spacial score (nSPS) is 15.1. The number of rotatable bonds is 5. The monoisotopic (exact) mass is 434 g/mol. The van der Waals surface area contributed by atoms with Crippen LogP contribution in [-0.2, 0) is 4.79 Å². The summed E-state index contributed by atoms with van der Waals surface area (Å²) in [6.07, 6.45) is 1.64. The van der Waals surface area contributed by atoms with Crippen LogP contribution in [0.25, 0.3) is 6.08 Å². The summed E-state index contributed by atoms with van der Waals surface area (Å²) >= 11 is 12.4. The number of ether oxygens (including phenoxy) is 2. The van der Waals surface area contributed by atoms with E-state index in [-0.39, 0.29) is 14.9 Å². The number of halogens is 1. The van der Waals surface area contributed by atoms with Gasteiger partial charge in [0.1, 0.15) is 11.5 Å². The summed E-state index contributed by atoms with van der Waals surface area (Å²) in [5, 5.41) is 1.31. The average Bonchev–Trinajstić information content (AvgIpc) is 2.95. The van der Waals surface area contributed by atoms with E-state index < -0.39 is 11.8 Å². The highest BCUT2D eigenvalue weighted by Gasteiger charge is 2.34. The van der Waals surface area contributed by atoms with Crippen molar-refractivity contribution < 1.29 is 19.1 Å². The number of hydrogen-bond donors (Lipinski definition) is 1. The zero-order valence-corrected chi connectivity index (χ0v) is 17.3. The van der Waals surface area contributed by atoms with Crippen molar-refractivity contribution in [2.24, 2.45) is 0 Å². The van der Waals surface area contributed by atoms with Gasteiger partial charge in [-0.05, 0) is 48.6 Å². The number of nitrogens with one attached hydrogen (secondary N) is 1. The molecule has 1 fully saturated rings. The van der Waals surface area contributed by atoms with Gasteiger partial charge in [-0.2, -0.15) is 5.01 Å². The van der Waals surface area contributed by atoms with Crippen LogP contribution >= 0.6 is 35.6 Å². The molecule has 0 saturated carbocycles. The smallest absolute Gasteiger partial charge is 0.285 e. The lowest BCUT2D eigenvalue weighted by Gasteiger charge is -2.16. The largest absolute Gasteiger partial charge is 0.497 e. The van der Waals surface area contributed by atoms with Crippen molar-refractivity contribution in [3.05, 3.63) is 63.5 Å². The predicted molar refractivity (Wildman–Crippen MR) is 113 cm³/mol. The SMILES string of the molecule is COc1ccc(OC)c(/C=C2\SC(=S)N(NC(=O)c3ccccc3Cl)C2=O)c1. The van der Waals surface area contributed by atoms with Gasteiger partial charge in [-0.25, -0.2) is 0 Å². The second-order valence-electron chi connectivity index (χ2n) is 5.55. The van der Waals surface area contributed by atoms with E-state index in [2.05, 4.69) is 5.43 Å². The van der Waals surface area contributed by atoms with Gasteiger partial charge in [0.25, 0.3) is 11.8 Å². The molecule has 1 N–H and O–H groups in total. The minimum absolute atomic E-state index is 0.207. The highest BCUT2D eigenvalue weighted by atomic mass is 35.5. The molecule has 0 radical (unpaired) electrons. The molecule has 28 heavy (non-hydrogen) atoms. The number of hydrazine groups is 1. The van der Waals surface area contributed by atoms with Crippen LogP contribution in [0.15, 0.2) is 47.4 Å². The second-order valence-corrected chi connectivity index (χ2v) is 7.63. The summed E-state index contributed by atoms with van der Waals surface area (Å²) in [5.74, 6) is 0.225. The number of hydrogen-bond acceptors (Lipinski definition) is 6. The van der Waals surface area contributed by atoms with Crippen LogP contribution in [0.3, 0.4) is 0 Å². The Kier molecular flexibility index (Phi) is 6.23. The van der Waals surface area contributed by atoms with Crippen LogP contribution < -0.4 is 14.9 Å². The minimum Gasteiger partial charge on any atom is -0.497 e. The fraction of sp³-hybridized carbons (Fsp3) is 0.105. The number of carbonyl (C=O) groups excluding carboxylic acids is 2. The summed E-state index contributed by atoms with van der Waals surface area (Å²) < 4.78 is 10.8. The first kappa shape index (κ1) is 20.2. The van der Waals surface area contributed by atoms with Crippen molar-refractivity contribution in [1.29, 1.82) is 0 Å². The number of benzene rings is 2. The lowest BCUT2D eigenvalue weighted by molar-refractivity contribution is -0.123. The molecule has 2 aromatic rings. The van der Waals surface area contributed by atoms with E-state index in [1.54, 1.807) is 55.7 Å². The van der Waals surface area contributed by atoms with Crippen LogP contribution in [0.5, 0.6) is 11.5 Å². The van der Waals surface area contributed by atoms with Crippen molar-refractivity contribution in [3.8, 4) is 11.5 Å². The Balaban J connectivity index is 1.85. The molecule has 1 saturated heterocycles. The van der Waals surface area contributed by atoms with Crippen LogP contribution in [0, 0.1) is 0 Å². The van der Waals surface area contributed by atoms with Crippen molar-refractivity contribution in [2.75, 3.05) is 14.2 Å². The first-order valence-corrected chi connectivity index (χ1v) is 9.60. The Morgan fingerprint density at radius 3 is 2.64 bits per heavy atom. The summed E-state index contributed by atoms with van der Waals surface area (Å²) in [5.41, 5.74) is 3.40. The molecule has 0 aromatic heterocycles. The Labute approximate surface area is 176 Å². The number of nitrogens with zero attached hydrogens (tertiary/aromatic N) is 1. The van der Waals surface area contributed by atoms with Gasteiger partial charge in [0, 0.05) is 5.56 Å². The Bertz CT molecular complexity index is 994. The van der Waals surface area contributed by atoms with E-state index in [1.807, 2.05) is 0 Å². The van der Waals surface area contributed by atoms with Gasteiger partial charge in [0.2, 0.25) is 0 Å². The molecule has 0 spiro atoms. The fourth-order valence-corrected chi connectivity index (χ4v) is 3.86. The molecule has 0 unspecified atom stereocenters. The van der Waals surface area contributed by atoms with E-state index in [1.165, 1.54) is 7.11 Å². The summed E-state index contributed by atoms with van der Waals surface area (Å²) in [6, 6.07) is 11.8. The zero-order chi connectivity index (χ0) is 20.3. The molecule has 2 aromatic carbocycles. The Morgan fingerprint density at radius 1 is 1.21 bits per heavy atom. The van der Waals surface area contributed by atoms with Gasteiger partial charge in [-0.3, -0.25) is 15.0 Å². The summed E-state index contributed by atoms with van der Waals surface area (Å²) in [7, 11) is 3.09. The fourth-order valence-electron chi connectivity index (χ4n) is 2.46.